The summed E-state index contributed by atoms with van der Waals surface area (Å²) in [5, 5.41) is 0. The Morgan fingerprint density at radius 3 is 1.93 bits per heavy atom. The van der Waals surface area contributed by atoms with Gasteiger partial charge in [-0.2, -0.15) is 8.42 Å². The molecule has 0 saturated carbocycles. The van der Waals surface area contributed by atoms with E-state index in [2.05, 4.69) is 6.92 Å². The summed E-state index contributed by atoms with van der Waals surface area (Å²) < 4.78 is 49.5. The molecule has 6 nitrogen and oxygen atoms in total. The molecule has 174 valence electrons. The van der Waals surface area contributed by atoms with Crippen molar-refractivity contribution in [3.05, 3.63) is 17.7 Å². The Labute approximate surface area is 183 Å². The minimum atomic E-state index is -4.35. The monoisotopic (exact) mass is 444 g/mol. The zero-order valence-corrected chi connectivity index (χ0v) is 19.8. The fourth-order valence-corrected chi connectivity index (χ4v) is 4.22. The molecule has 0 spiro atoms. The Morgan fingerprint density at radius 2 is 1.40 bits per heavy atom. The second-order valence-corrected chi connectivity index (χ2v) is 9.10. The van der Waals surface area contributed by atoms with Crippen LogP contribution in [0, 0.1) is 0 Å². The van der Waals surface area contributed by atoms with Gasteiger partial charge in [-0.05, 0) is 30.9 Å². The van der Waals surface area contributed by atoms with Crippen molar-refractivity contribution in [3.8, 4) is 11.5 Å². The highest BCUT2D eigenvalue weighted by Gasteiger charge is 2.20. The van der Waals surface area contributed by atoms with Gasteiger partial charge in [0.25, 0.3) is 10.1 Å². The normalized spacial score (nSPS) is 11.6. The van der Waals surface area contributed by atoms with Crippen molar-refractivity contribution in [1.82, 2.24) is 0 Å². The summed E-state index contributed by atoms with van der Waals surface area (Å²) in [6, 6.07) is 3.00. The van der Waals surface area contributed by atoms with Crippen molar-refractivity contribution in [2.24, 2.45) is 0 Å². The van der Waals surface area contributed by atoms with Gasteiger partial charge in [-0.15, -0.1) is 0 Å². The molecule has 1 rings (SSSR count). The lowest BCUT2D eigenvalue weighted by Crippen LogP contribution is -2.07. The lowest BCUT2D eigenvalue weighted by Gasteiger charge is -2.15. The number of rotatable bonds is 18. The van der Waals surface area contributed by atoms with Crippen molar-refractivity contribution in [1.29, 1.82) is 0 Å². The third kappa shape index (κ3) is 10.6. The molecular formula is C23H40O6S. The second-order valence-electron chi connectivity index (χ2n) is 7.71. The van der Waals surface area contributed by atoms with E-state index in [1.165, 1.54) is 64.5 Å². The number of benzene rings is 1. The summed E-state index contributed by atoms with van der Waals surface area (Å²) in [4.78, 5) is -0.127. The van der Waals surface area contributed by atoms with Crippen molar-refractivity contribution < 1.29 is 27.2 Å². The molecule has 7 heteroatoms. The molecule has 0 heterocycles. The highest BCUT2D eigenvalue weighted by molar-refractivity contribution is 7.85. The average molecular weight is 445 g/mol. The van der Waals surface area contributed by atoms with Gasteiger partial charge >= 0.3 is 0 Å². The number of methoxy groups -OCH3 is 2. The minimum absolute atomic E-state index is 0.127. The van der Waals surface area contributed by atoms with E-state index in [1.54, 1.807) is 13.2 Å². The molecule has 0 fully saturated rings. The van der Waals surface area contributed by atoms with Gasteiger partial charge in [0.2, 0.25) is 0 Å². The zero-order valence-electron chi connectivity index (χ0n) is 19.0. The quantitative estimate of drug-likeness (QED) is 0.227. The van der Waals surface area contributed by atoms with Crippen LogP contribution in [0.2, 0.25) is 0 Å². The summed E-state index contributed by atoms with van der Waals surface area (Å²) in [7, 11) is -1.23. The Hall–Kier alpha value is -1.31. The fourth-order valence-electron chi connectivity index (χ4n) is 3.47. The smallest absolute Gasteiger partial charge is 0.294 e. The number of unbranched alkanes of at least 4 members (excludes halogenated alkanes) is 9. The maximum Gasteiger partial charge on any atom is 0.294 e. The van der Waals surface area contributed by atoms with Crippen LogP contribution >= 0.6 is 0 Å². The van der Waals surface area contributed by atoms with Crippen LogP contribution in [0.4, 0.5) is 0 Å². The van der Waals surface area contributed by atoms with Gasteiger partial charge in [-0.25, -0.2) is 0 Å². The summed E-state index contributed by atoms with van der Waals surface area (Å²) in [5.74, 6) is 0.818. The van der Waals surface area contributed by atoms with Crippen LogP contribution in [-0.2, 0) is 21.3 Å². The van der Waals surface area contributed by atoms with Gasteiger partial charge in [-0.3, -0.25) is 4.55 Å². The molecule has 0 atom stereocenters. The lowest BCUT2D eigenvalue weighted by atomic mass is 10.1. The molecule has 0 radical (unpaired) electrons. The molecule has 0 unspecified atom stereocenters. The summed E-state index contributed by atoms with van der Waals surface area (Å²) >= 11 is 0. The van der Waals surface area contributed by atoms with Crippen molar-refractivity contribution in [3.63, 3.8) is 0 Å². The minimum Gasteiger partial charge on any atom is -0.493 e. The second kappa shape index (κ2) is 15.5. The number of hydrogen-bond acceptors (Lipinski definition) is 5. The molecule has 0 aliphatic carbocycles. The maximum absolute atomic E-state index is 11.8. The predicted molar refractivity (Wildman–Crippen MR) is 120 cm³/mol. The third-order valence-electron chi connectivity index (χ3n) is 5.17. The van der Waals surface area contributed by atoms with Crippen LogP contribution < -0.4 is 9.47 Å². The van der Waals surface area contributed by atoms with Crippen LogP contribution in [0.5, 0.6) is 11.5 Å². The third-order valence-corrected chi connectivity index (χ3v) is 6.11. The van der Waals surface area contributed by atoms with Gasteiger partial charge in [0, 0.05) is 19.8 Å². The van der Waals surface area contributed by atoms with E-state index in [-0.39, 0.29) is 4.90 Å². The summed E-state index contributed by atoms with van der Waals surface area (Å²) in [6.45, 7) is 3.23. The van der Waals surface area contributed by atoms with Gasteiger partial charge in [-0.1, -0.05) is 64.7 Å². The van der Waals surface area contributed by atoms with E-state index >= 15 is 0 Å². The van der Waals surface area contributed by atoms with Crippen LogP contribution in [0.25, 0.3) is 0 Å². The summed E-state index contributed by atoms with van der Waals surface area (Å²) in [6.07, 6.45) is 13.4. The molecule has 1 N–H and O–H groups in total. The van der Waals surface area contributed by atoms with Crippen molar-refractivity contribution in [2.45, 2.75) is 88.9 Å². The van der Waals surface area contributed by atoms with Crippen molar-refractivity contribution in [2.75, 3.05) is 27.4 Å². The molecule has 30 heavy (non-hydrogen) atoms. The SMILES string of the molecule is CCCCCCCCCCCCOc1cc(S(=O)(=O)O)c(CCCOC)cc1OC. The first-order valence-electron chi connectivity index (χ1n) is 11.2. The lowest BCUT2D eigenvalue weighted by molar-refractivity contribution is 0.195. The van der Waals surface area contributed by atoms with Gasteiger partial charge in [0.05, 0.1) is 13.7 Å². The Morgan fingerprint density at radius 1 is 0.800 bits per heavy atom. The van der Waals surface area contributed by atoms with Gasteiger partial charge in [0.15, 0.2) is 11.5 Å². The van der Waals surface area contributed by atoms with Gasteiger partial charge < -0.3 is 14.2 Å². The van der Waals surface area contributed by atoms with Crippen LogP contribution in [0.15, 0.2) is 17.0 Å². The fraction of sp³-hybridized carbons (Fsp3) is 0.739. The highest BCUT2D eigenvalue weighted by atomic mass is 32.2. The first kappa shape index (κ1) is 26.7. The standard InChI is InChI=1S/C23H40O6S/c1-4-5-6-7-8-9-10-11-12-13-17-29-22-19-23(30(24,25)26)20(15-14-16-27-2)18-21(22)28-3/h18-19H,4-17H2,1-3H3,(H,24,25,26). The molecule has 0 bridgehead atoms. The molecule has 1 aromatic carbocycles. The molecule has 1 aromatic rings. The molecule has 0 aliphatic rings. The van der Waals surface area contributed by atoms with Crippen LogP contribution in [0.3, 0.4) is 0 Å². The average Bonchev–Trinajstić information content (AvgIpc) is 2.71. The summed E-state index contributed by atoms with van der Waals surface area (Å²) in [5.41, 5.74) is 0.498. The van der Waals surface area contributed by atoms with Crippen molar-refractivity contribution >= 4 is 10.1 Å². The number of hydrogen-bond donors (Lipinski definition) is 1. The topological polar surface area (TPSA) is 82.1 Å². The number of aryl methyl sites for hydroxylation is 1. The Kier molecular flexibility index (Phi) is 13.8. The highest BCUT2D eigenvalue weighted by Crippen LogP contribution is 2.34. The Balaban J connectivity index is 2.51. The predicted octanol–water partition coefficient (Wildman–Crippen LogP) is 5.82. The Bertz CT molecular complexity index is 687. The van der Waals surface area contributed by atoms with Gasteiger partial charge in [0.1, 0.15) is 4.90 Å². The number of ether oxygens (including phenoxy) is 3. The first-order valence-corrected chi connectivity index (χ1v) is 12.7. The molecule has 0 amide bonds. The largest absolute Gasteiger partial charge is 0.493 e. The zero-order chi connectivity index (χ0) is 22.2. The molecule has 0 saturated heterocycles. The van der Waals surface area contributed by atoms with E-state index in [0.717, 1.165) is 12.8 Å². The molecule has 0 aliphatic heterocycles. The van der Waals surface area contributed by atoms with Crippen LogP contribution in [-0.4, -0.2) is 40.4 Å². The van der Waals surface area contributed by atoms with E-state index in [0.29, 0.717) is 43.1 Å². The van der Waals surface area contributed by atoms with E-state index in [1.807, 2.05) is 0 Å². The molecule has 0 aromatic heterocycles. The first-order chi connectivity index (χ1) is 14.4. The van der Waals surface area contributed by atoms with E-state index < -0.39 is 10.1 Å². The van der Waals surface area contributed by atoms with E-state index in [9.17, 15) is 13.0 Å². The van der Waals surface area contributed by atoms with Crippen LogP contribution in [0.1, 0.15) is 83.1 Å². The maximum atomic E-state index is 11.8. The molecular weight excluding hydrogens is 404 g/mol. The van der Waals surface area contributed by atoms with E-state index in [4.69, 9.17) is 14.2 Å².